The van der Waals surface area contributed by atoms with Gasteiger partial charge in [0.05, 0.1) is 6.61 Å². The predicted octanol–water partition coefficient (Wildman–Crippen LogP) is 2.44. The Morgan fingerprint density at radius 1 is 1.32 bits per heavy atom. The van der Waals surface area contributed by atoms with E-state index in [1.54, 1.807) is 7.11 Å². The maximum Gasteiger partial charge on any atom is 0.128 e. The molecular weight excluding hydrogens is 238 g/mol. The molecule has 0 radical (unpaired) electrons. The van der Waals surface area contributed by atoms with Gasteiger partial charge in [-0.3, -0.25) is 0 Å². The summed E-state index contributed by atoms with van der Waals surface area (Å²) >= 11 is 0. The molecule has 0 saturated carbocycles. The van der Waals surface area contributed by atoms with Gasteiger partial charge in [0.25, 0.3) is 0 Å². The van der Waals surface area contributed by atoms with Crippen LogP contribution in [0.1, 0.15) is 33.3 Å². The van der Waals surface area contributed by atoms with E-state index in [0.29, 0.717) is 0 Å². The number of likely N-dealkylation sites (N-methyl/N-ethyl adjacent to an activating group) is 1. The van der Waals surface area contributed by atoms with Gasteiger partial charge in [0, 0.05) is 38.5 Å². The van der Waals surface area contributed by atoms with Gasteiger partial charge in [-0.2, -0.15) is 0 Å². The van der Waals surface area contributed by atoms with Gasteiger partial charge in [0.15, 0.2) is 0 Å². The van der Waals surface area contributed by atoms with E-state index in [9.17, 15) is 0 Å². The minimum Gasteiger partial charge on any atom is -0.383 e. The number of nitrogens with zero attached hydrogens (tertiary/aromatic N) is 2. The van der Waals surface area contributed by atoms with Crippen LogP contribution in [0.2, 0.25) is 0 Å². The molecule has 1 heterocycles. The molecule has 1 aromatic heterocycles. The molecule has 0 bridgehead atoms. The number of nitrogens with one attached hydrogen (secondary N) is 1. The number of aromatic nitrogens is 1. The van der Waals surface area contributed by atoms with Crippen LogP contribution in [0.25, 0.3) is 0 Å². The van der Waals surface area contributed by atoms with Crippen molar-refractivity contribution in [2.45, 2.75) is 39.8 Å². The fourth-order valence-electron chi connectivity index (χ4n) is 1.71. The van der Waals surface area contributed by atoms with Gasteiger partial charge in [-0.25, -0.2) is 4.98 Å². The Hall–Kier alpha value is -1.13. The van der Waals surface area contributed by atoms with Gasteiger partial charge in [-0.1, -0.05) is 6.07 Å². The first-order chi connectivity index (χ1) is 8.96. The number of hydrogen-bond acceptors (Lipinski definition) is 4. The van der Waals surface area contributed by atoms with Crippen molar-refractivity contribution < 1.29 is 4.74 Å². The molecule has 1 N–H and O–H groups in total. The lowest BCUT2D eigenvalue weighted by Gasteiger charge is -2.22. The number of rotatable bonds is 7. The van der Waals surface area contributed by atoms with E-state index in [1.165, 1.54) is 5.56 Å². The predicted molar refractivity (Wildman–Crippen MR) is 80.6 cm³/mol. The molecule has 108 valence electrons. The van der Waals surface area contributed by atoms with Crippen molar-refractivity contribution in [3.8, 4) is 0 Å². The van der Waals surface area contributed by atoms with Crippen molar-refractivity contribution >= 4 is 5.82 Å². The lowest BCUT2D eigenvalue weighted by Crippen LogP contribution is -2.35. The fourth-order valence-corrected chi connectivity index (χ4v) is 1.71. The van der Waals surface area contributed by atoms with Gasteiger partial charge < -0.3 is 15.0 Å². The quantitative estimate of drug-likeness (QED) is 0.821. The van der Waals surface area contributed by atoms with Crippen molar-refractivity contribution in [3.63, 3.8) is 0 Å². The largest absolute Gasteiger partial charge is 0.383 e. The summed E-state index contributed by atoms with van der Waals surface area (Å²) in [5.74, 6) is 1.01. The Morgan fingerprint density at radius 3 is 2.53 bits per heavy atom. The van der Waals surface area contributed by atoms with Crippen LogP contribution in [0.3, 0.4) is 0 Å². The van der Waals surface area contributed by atoms with Gasteiger partial charge >= 0.3 is 0 Å². The maximum atomic E-state index is 5.12. The molecule has 1 rings (SSSR count). The number of ether oxygens (including phenoxy) is 1. The Bertz CT molecular complexity index is 357. The highest BCUT2D eigenvalue weighted by Crippen LogP contribution is 2.11. The van der Waals surface area contributed by atoms with Crippen LogP contribution in [0.5, 0.6) is 0 Å². The fraction of sp³-hybridized carbons (Fsp3) is 0.667. The molecule has 0 spiro atoms. The molecule has 0 amide bonds. The molecule has 4 heteroatoms. The number of pyridine rings is 1. The first-order valence-corrected chi connectivity index (χ1v) is 6.90. The second-order valence-electron chi connectivity index (χ2n) is 5.70. The number of hydrogen-bond donors (Lipinski definition) is 1. The highest BCUT2D eigenvalue weighted by atomic mass is 16.5. The zero-order chi connectivity index (χ0) is 14.3. The summed E-state index contributed by atoms with van der Waals surface area (Å²) in [5, 5.41) is 3.46. The Balaban J connectivity index is 2.59. The molecule has 1 aromatic rings. The van der Waals surface area contributed by atoms with E-state index in [-0.39, 0.29) is 5.54 Å². The molecule has 0 aliphatic heterocycles. The zero-order valence-corrected chi connectivity index (χ0v) is 12.9. The number of methoxy groups -OCH3 is 1. The highest BCUT2D eigenvalue weighted by Gasteiger charge is 2.09. The molecule has 0 aliphatic carbocycles. The molecular formula is C15H27N3O. The van der Waals surface area contributed by atoms with Gasteiger partial charge in [-0.15, -0.1) is 0 Å². The van der Waals surface area contributed by atoms with E-state index in [2.05, 4.69) is 55.0 Å². The first kappa shape index (κ1) is 15.9. The summed E-state index contributed by atoms with van der Waals surface area (Å²) < 4.78 is 5.12. The van der Waals surface area contributed by atoms with E-state index in [0.717, 1.165) is 32.1 Å². The minimum absolute atomic E-state index is 0.132. The first-order valence-electron chi connectivity index (χ1n) is 6.90. The second kappa shape index (κ2) is 7.46. The topological polar surface area (TPSA) is 37.4 Å². The average Bonchev–Trinajstić information content (AvgIpc) is 2.38. The van der Waals surface area contributed by atoms with Crippen molar-refractivity contribution in [1.82, 2.24) is 10.3 Å². The summed E-state index contributed by atoms with van der Waals surface area (Å²) in [6.45, 7) is 12.0. The molecule has 0 atom stereocenters. The third kappa shape index (κ3) is 6.03. The summed E-state index contributed by atoms with van der Waals surface area (Å²) in [6, 6.07) is 4.22. The summed E-state index contributed by atoms with van der Waals surface area (Å²) in [5.41, 5.74) is 1.34. The van der Waals surface area contributed by atoms with Crippen LogP contribution in [0.15, 0.2) is 18.3 Å². The van der Waals surface area contributed by atoms with E-state index in [1.807, 2.05) is 6.20 Å². The molecule has 19 heavy (non-hydrogen) atoms. The second-order valence-corrected chi connectivity index (χ2v) is 5.70. The summed E-state index contributed by atoms with van der Waals surface area (Å²) in [4.78, 5) is 6.75. The van der Waals surface area contributed by atoms with Crippen LogP contribution in [0, 0.1) is 0 Å². The molecule has 4 nitrogen and oxygen atoms in total. The van der Waals surface area contributed by atoms with Crippen LogP contribution in [-0.4, -0.2) is 37.3 Å². The van der Waals surface area contributed by atoms with E-state index in [4.69, 9.17) is 4.74 Å². The standard InChI is InChI=1S/C15H27N3O/c1-6-18(9-10-19-5)14-8-7-13(11-16-14)12-17-15(2,3)4/h7-8,11,17H,6,9-10,12H2,1-5H3. The van der Waals surface area contributed by atoms with Crippen molar-refractivity contribution in [3.05, 3.63) is 23.9 Å². The molecule has 0 aromatic carbocycles. The van der Waals surface area contributed by atoms with Crippen LogP contribution < -0.4 is 10.2 Å². The molecule has 0 saturated heterocycles. The zero-order valence-electron chi connectivity index (χ0n) is 12.9. The van der Waals surface area contributed by atoms with Crippen LogP contribution in [0.4, 0.5) is 5.82 Å². The smallest absolute Gasteiger partial charge is 0.128 e. The molecule has 0 unspecified atom stereocenters. The van der Waals surface area contributed by atoms with Gasteiger partial charge in [-0.05, 0) is 39.3 Å². The van der Waals surface area contributed by atoms with Crippen molar-refractivity contribution in [2.75, 3.05) is 31.7 Å². The third-order valence-corrected chi connectivity index (χ3v) is 2.90. The Labute approximate surface area is 117 Å². The third-order valence-electron chi connectivity index (χ3n) is 2.90. The summed E-state index contributed by atoms with van der Waals surface area (Å²) in [7, 11) is 1.72. The lowest BCUT2D eigenvalue weighted by atomic mass is 10.1. The van der Waals surface area contributed by atoms with E-state index < -0.39 is 0 Å². The van der Waals surface area contributed by atoms with Crippen LogP contribution >= 0.6 is 0 Å². The normalized spacial score (nSPS) is 11.6. The van der Waals surface area contributed by atoms with Crippen molar-refractivity contribution in [2.24, 2.45) is 0 Å². The maximum absolute atomic E-state index is 5.12. The lowest BCUT2D eigenvalue weighted by molar-refractivity contribution is 0.205. The molecule has 0 fully saturated rings. The van der Waals surface area contributed by atoms with E-state index >= 15 is 0 Å². The minimum atomic E-state index is 0.132. The van der Waals surface area contributed by atoms with Gasteiger partial charge in [0.1, 0.15) is 5.82 Å². The molecule has 0 aliphatic rings. The highest BCUT2D eigenvalue weighted by molar-refractivity contribution is 5.39. The average molecular weight is 265 g/mol. The Kier molecular flexibility index (Phi) is 6.25. The monoisotopic (exact) mass is 265 g/mol. The van der Waals surface area contributed by atoms with Gasteiger partial charge in [0.2, 0.25) is 0 Å². The van der Waals surface area contributed by atoms with Crippen molar-refractivity contribution in [1.29, 1.82) is 0 Å². The SMILES string of the molecule is CCN(CCOC)c1ccc(CNC(C)(C)C)cn1. The van der Waals surface area contributed by atoms with Crippen LogP contribution in [-0.2, 0) is 11.3 Å². The Morgan fingerprint density at radius 2 is 2.05 bits per heavy atom. The number of anilines is 1. The summed E-state index contributed by atoms with van der Waals surface area (Å²) in [6.07, 6.45) is 1.95.